The molecular weight excluding hydrogens is 503 g/mol. The normalized spacial score (nSPS) is 10.5. The van der Waals surface area contributed by atoms with Crippen LogP contribution >= 0.6 is 23.2 Å². The number of hydrogen-bond donors (Lipinski definition) is 2. The molecule has 0 aliphatic rings. The molecule has 2 N–H and O–H groups in total. The van der Waals surface area contributed by atoms with Gasteiger partial charge >= 0.3 is 5.69 Å². The molecule has 14 heteroatoms. The fourth-order valence-corrected chi connectivity index (χ4v) is 3.46. The Morgan fingerprint density at radius 1 is 1.09 bits per heavy atom. The van der Waals surface area contributed by atoms with Gasteiger partial charge in [-0.05, 0) is 24.3 Å². The van der Waals surface area contributed by atoms with E-state index in [9.17, 15) is 29.6 Å². The molecule has 0 aliphatic carbocycles. The van der Waals surface area contributed by atoms with Gasteiger partial charge in [0.15, 0.2) is 11.2 Å². The zero-order valence-electron chi connectivity index (χ0n) is 18.5. The lowest BCUT2D eigenvalue weighted by Gasteiger charge is -2.08. The van der Waals surface area contributed by atoms with Gasteiger partial charge in [0, 0.05) is 38.3 Å². The molecule has 0 radical (unpaired) electrons. The van der Waals surface area contributed by atoms with Crippen LogP contribution in [0.15, 0.2) is 52.3 Å². The molecule has 2 heterocycles. The van der Waals surface area contributed by atoms with Crippen molar-refractivity contribution < 1.29 is 14.8 Å². The summed E-state index contributed by atoms with van der Waals surface area (Å²) in [6.07, 6.45) is 1.52. The van der Waals surface area contributed by atoms with E-state index in [1.807, 2.05) is 0 Å². The number of amides is 1. The topological polar surface area (TPSA) is 154 Å². The summed E-state index contributed by atoms with van der Waals surface area (Å²) in [4.78, 5) is 49.2. The fourth-order valence-electron chi connectivity index (χ4n) is 3.07. The highest BCUT2D eigenvalue weighted by Crippen LogP contribution is 2.28. The van der Waals surface area contributed by atoms with Gasteiger partial charge in [0.2, 0.25) is 0 Å². The number of halogens is 2. The van der Waals surface area contributed by atoms with E-state index in [4.69, 9.17) is 23.2 Å². The quantitative estimate of drug-likeness (QED) is 0.310. The molecule has 4 aromatic rings. The molecular formula is C21H18Cl2N6O6. The number of carbonyl (C=O) groups excluding carboxylic acids is 1. The number of rotatable bonds is 3. The summed E-state index contributed by atoms with van der Waals surface area (Å²) in [6, 6.07) is 7.65. The van der Waals surface area contributed by atoms with Gasteiger partial charge in [-0.3, -0.25) is 28.8 Å². The summed E-state index contributed by atoms with van der Waals surface area (Å²) < 4.78 is 4.04. The number of fused-ring (bicyclic) bond motifs is 1. The second-order valence-electron chi connectivity index (χ2n) is 7.27. The fraction of sp³-hybridized carbons (Fsp3) is 0.143. The van der Waals surface area contributed by atoms with E-state index in [0.29, 0.717) is 11.2 Å². The van der Waals surface area contributed by atoms with Gasteiger partial charge in [0.25, 0.3) is 17.2 Å². The number of benzene rings is 2. The Hall–Kier alpha value is -4.16. The average Bonchev–Trinajstić information content (AvgIpc) is 3.21. The van der Waals surface area contributed by atoms with E-state index in [2.05, 4.69) is 10.3 Å². The molecule has 1 amide bonds. The molecule has 0 aliphatic heterocycles. The number of non-ortho nitro benzene ring substituents is 1. The van der Waals surface area contributed by atoms with E-state index in [0.717, 1.165) is 10.6 Å². The molecule has 2 aromatic carbocycles. The summed E-state index contributed by atoms with van der Waals surface area (Å²) in [7, 11) is 4.77. The maximum atomic E-state index is 12.0. The smallest absolute Gasteiger partial charge is 0.332 e. The van der Waals surface area contributed by atoms with Crippen molar-refractivity contribution in [3.05, 3.63) is 89.3 Å². The van der Waals surface area contributed by atoms with Crippen LogP contribution in [-0.4, -0.2) is 34.6 Å². The van der Waals surface area contributed by atoms with Crippen LogP contribution in [0.5, 0.6) is 5.75 Å². The first-order chi connectivity index (χ1) is 16.4. The van der Waals surface area contributed by atoms with Gasteiger partial charge in [-0.2, -0.15) is 0 Å². The van der Waals surface area contributed by atoms with Gasteiger partial charge in [-0.15, -0.1) is 0 Å². The zero-order chi connectivity index (χ0) is 26.0. The number of aryl methyl sites for hydroxylation is 2. The maximum Gasteiger partial charge on any atom is 0.332 e. The summed E-state index contributed by atoms with van der Waals surface area (Å²) in [5.74, 6) is -0.874. The largest absolute Gasteiger partial charge is 0.507 e. The Balaban J connectivity index is 0.000000211. The minimum atomic E-state index is -0.634. The Morgan fingerprint density at radius 2 is 1.77 bits per heavy atom. The van der Waals surface area contributed by atoms with Crippen LogP contribution in [0, 0.1) is 10.1 Å². The van der Waals surface area contributed by atoms with E-state index in [-0.39, 0.29) is 44.0 Å². The number of aromatic hydroxyl groups is 1. The monoisotopic (exact) mass is 520 g/mol. The van der Waals surface area contributed by atoms with Crippen LogP contribution < -0.4 is 16.6 Å². The van der Waals surface area contributed by atoms with Crippen LogP contribution in [0.3, 0.4) is 0 Å². The number of nitro benzene ring substituents is 1. The van der Waals surface area contributed by atoms with E-state index in [1.165, 1.54) is 48.3 Å². The molecule has 12 nitrogen and oxygen atoms in total. The third-order valence-corrected chi connectivity index (χ3v) is 5.48. The number of carbonyl (C=O) groups is 1. The summed E-state index contributed by atoms with van der Waals surface area (Å²) >= 11 is 11.6. The molecule has 4 rings (SSSR count). The van der Waals surface area contributed by atoms with E-state index < -0.39 is 10.8 Å². The molecule has 0 bridgehead atoms. The van der Waals surface area contributed by atoms with Crippen molar-refractivity contribution in [3.8, 4) is 5.75 Å². The van der Waals surface area contributed by atoms with Gasteiger partial charge < -0.3 is 15.0 Å². The number of nitrogens with one attached hydrogen (secondary N) is 1. The first kappa shape index (κ1) is 25.5. The lowest BCUT2D eigenvalue weighted by molar-refractivity contribution is -0.384. The Kier molecular flexibility index (Phi) is 7.27. The molecule has 2 aromatic heterocycles. The Morgan fingerprint density at radius 3 is 2.40 bits per heavy atom. The molecule has 35 heavy (non-hydrogen) atoms. The minimum Gasteiger partial charge on any atom is -0.507 e. The van der Waals surface area contributed by atoms with E-state index >= 15 is 0 Å². The Labute approximate surface area is 206 Å². The SMILES string of the molecule is Cn1c(=O)c2c(ncn2C)n(C)c1=O.O=C(Nc1ccc([N+](=O)[O-])cc1Cl)c1cc(Cl)ccc1O. The molecule has 0 saturated carbocycles. The molecule has 182 valence electrons. The lowest BCUT2D eigenvalue weighted by Crippen LogP contribution is -2.37. The van der Waals surface area contributed by atoms with Crippen molar-refractivity contribution in [2.24, 2.45) is 21.1 Å². The lowest BCUT2D eigenvalue weighted by atomic mass is 10.2. The van der Waals surface area contributed by atoms with Gasteiger partial charge in [0.1, 0.15) is 5.75 Å². The Bertz CT molecular complexity index is 1590. The molecule has 0 atom stereocenters. The third-order valence-electron chi connectivity index (χ3n) is 4.93. The number of nitro groups is 1. The number of phenolic OH excluding ortho intramolecular Hbond substituents is 1. The summed E-state index contributed by atoms with van der Waals surface area (Å²) in [5, 5.41) is 23.0. The van der Waals surface area contributed by atoms with Crippen LogP contribution in [0.4, 0.5) is 11.4 Å². The highest BCUT2D eigenvalue weighted by Gasteiger charge is 2.15. The van der Waals surface area contributed by atoms with Crippen molar-refractivity contribution in [1.82, 2.24) is 18.7 Å². The predicted molar refractivity (Wildman–Crippen MR) is 130 cm³/mol. The number of imidazole rings is 1. The van der Waals surface area contributed by atoms with Gasteiger partial charge in [-0.1, -0.05) is 23.2 Å². The van der Waals surface area contributed by atoms with Crippen molar-refractivity contribution in [2.45, 2.75) is 0 Å². The maximum absolute atomic E-state index is 12.0. The highest BCUT2D eigenvalue weighted by atomic mass is 35.5. The van der Waals surface area contributed by atoms with Crippen LogP contribution in [0.25, 0.3) is 11.2 Å². The van der Waals surface area contributed by atoms with Gasteiger partial charge in [0.05, 0.1) is 27.5 Å². The number of nitrogens with zero attached hydrogens (tertiary/aromatic N) is 5. The van der Waals surface area contributed by atoms with Crippen molar-refractivity contribution in [2.75, 3.05) is 5.32 Å². The molecule has 0 unspecified atom stereocenters. The first-order valence-electron chi connectivity index (χ1n) is 9.73. The zero-order valence-corrected chi connectivity index (χ0v) is 20.0. The standard InChI is InChI=1S/C13H8Cl2N2O4.C8H10N4O2/c14-7-1-4-12(18)9(5-7)13(19)16-11-3-2-8(17(20)21)6-10(11)15;1-10-4-9-6-5(10)7(13)12(3)8(14)11(6)2/h1-6,18H,(H,16,19);4H,1-3H3. The highest BCUT2D eigenvalue weighted by molar-refractivity contribution is 6.34. The van der Waals surface area contributed by atoms with Gasteiger partial charge in [-0.25, -0.2) is 9.78 Å². The number of anilines is 1. The summed E-state index contributed by atoms with van der Waals surface area (Å²) in [6.45, 7) is 0. The van der Waals surface area contributed by atoms with Crippen LogP contribution in [0.2, 0.25) is 10.0 Å². The van der Waals surface area contributed by atoms with Crippen molar-refractivity contribution in [1.29, 1.82) is 0 Å². The van der Waals surface area contributed by atoms with Crippen LogP contribution in [-0.2, 0) is 21.1 Å². The average molecular weight is 521 g/mol. The molecule has 0 fully saturated rings. The summed E-state index contributed by atoms with van der Waals surface area (Å²) in [5.41, 5.74) is 0.145. The van der Waals surface area contributed by atoms with Crippen molar-refractivity contribution in [3.63, 3.8) is 0 Å². The third kappa shape index (κ3) is 5.18. The van der Waals surface area contributed by atoms with Crippen LogP contribution in [0.1, 0.15) is 10.4 Å². The predicted octanol–water partition coefficient (Wildman–Crippen LogP) is 2.83. The first-order valence-corrected chi connectivity index (χ1v) is 10.5. The minimum absolute atomic E-state index is 0.0130. The van der Waals surface area contributed by atoms with Crippen molar-refractivity contribution >= 4 is 51.6 Å². The van der Waals surface area contributed by atoms with E-state index in [1.54, 1.807) is 18.7 Å². The number of phenols is 1. The number of hydrogen-bond acceptors (Lipinski definition) is 7. The molecule has 0 spiro atoms. The second-order valence-corrected chi connectivity index (χ2v) is 8.11. The molecule has 0 saturated heterocycles. The second kappa shape index (κ2) is 9.99. The number of aromatic nitrogens is 4.